The van der Waals surface area contributed by atoms with E-state index in [0.29, 0.717) is 0 Å². The largest absolute Gasteiger partial charge is 0.0616 e. The van der Waals surface area contributed by atoms with Crippen LogP contribution in [0.25, 0.3) is 65.3 Å². The molecule has 7 rings (SSSR count). The summed E-state index contributed by atoms with van der Waals surface area (Å²) in [4.78, 5) is 0. The zero-order valence-electron chi connectivity index (χ0n) is 15.2. The van der Waals surface area contributed by atoms with Crippen molar-refractivity contribution in [2.45, 2.75) is 0 Å². The van der Waals surface area contributed by atoms with Gasteiger partial charge in [0.15, 0.2) is 0 Å². The molecular formula is C28H16. The van der Waals surface area contributed by atoms with Crippen LogP contribution < -0.4 is 0 Å². The van der Waals surface area contributed by atoms with Crippen molar-refractivity contribution in [1.82, 2.24) is 0 Å². The van der Waals surface area contributed by atoms with Crippen molar-refractivity contribution < 1.29 is 0 Å². The minimum absolute atomic E-state index is 1.30. The van der Waals surface area contributed by atoms with Crippen molar-refractivity contribution in [3.05, 3.63) is 97.1 Å². The zero-order chi connectivity index (χ0) is 18.2. The standard InChI is InChI=1S/C28H16/c1-2-6-21-17(5-1)9-10-18-11-12-19-13-14-20-15-25-22-7-3-4-8-23(22)26(25)16-24(20)28(19)27(18)21/h1-16H. The predicted molar refractivity (Wildman–Crippen MR) is 121 cm³/mol. The quantitative estimate of drug-likeness (QED) is 0.243. The lowest BCUT2D eigenvalue weighted by molar-refractivity contribution is 1.55. The molecule has 0 aliphatic heterocycles. The minimum atomic E-state index is 1.30. The zero-order valence-corrected chi connectivity index (χ0v) is 15.2. The van der Waals surface area contributed by atoms with Crippen molar-refractivity contribution in [3.63, 3.8) is 0 Å². The van der Waals surface area contributed by atoms with E-state index < -0.39 is 0 Å². The van der Waals surface area contributed by atoms with Crippen molar-refractivity contribution in [2.24, 2.45) is 0 Å². The Balaban J connectivity index is 1.72. The molecule has 128 valence electrons. The van der Waals surface area contributed by atoms with E-state index in [1.165, 1.54) is 65.3 Å². The van der Waals surface area contributed by atoms with Gasteiger partial charge in [0, 0.05) is 0 Å². The average molecular weight is 352 g/mol. The Labute approximate surface area is 162 Å². The SMILES string of the molecule is c1ccc2c(c1)-c1cc3ccc4ccc5ccc6ccccc6c5c4c3cc1-2. The van der Waals surface area contributed by atoms with Crippen molar-refractivity contribution in [1.29, 1.82) is 0 Å². The molecule has 1 aliphatic rings. The highest BCUT2D eigenvalue weighted by atomic mass is 14.3. The number of hydrogen-bond acceptors (Lipinski definition) is 0. The van der Waals surface area contributed by atoms with Crippen LogP contribution in [0.4, 0.5) is 0 Å². The maximum absolute atomic E-state index is 2.41. The molecular weight excluding hydrogens is 336 g/mol. The predicted octanol–water partition coefficient (Wildman–Crippen LogP) is 7.95. The van der Waals surface area contributed by atoms with E-state index in [4.69, 9.17) is 0 Å². The highest BCUT2D eigenvalue weighted by Crippen LogP contribution is 2.49. The first-order valence-electron chi connectivity index (χ1n) is 9.79. The van der Waals surface area contributed by atoms with Gasteiger partial charge >= 0.3 is 0 Å². The molecule has 0 heterocycles. The Morgan fingerprint density at radius 1 is 0.321 bits per heavy atom. The van der Waals surface area contributed by atoms with Gasteiger partial charge in [0.1, 0.15) is 0 Å². The van der Waals surface area contributed by atoms with Gasteiger partial charge in [0.25, 0.3) is 0 Å². The van der Waals surface area contributed by atoms with E-state index >= 15 is 0 Å². The van der Waals surface area contributed by atoms with E-state index in [-0.39, 0.29) is 0 Å². The van der Waals surface area contributed by atoms with Crippen LogP contribution in [0, 0.1) is 0 Å². The Morgan fingerprint density at radius 3 is 1.61 bits per heavy atom. The molecule has 0 unspecified atom stereocenters. The monoisotopic (exact) mass is 352 g/mol. The second-order valence-electron chi connectivity index (χ2n) is 7.78. The maximum Gasteiger partial charge on any atom is -0.00203 e. The third-order valence-electron chi connectivity index (χ3n) is 6.35. The van der Waals surface area contributed by atoms with Gasteiger partial charge in [0.05, 0.1) is 0 Å². The molecule has 0 amide bonds. The summed E-state index contributed by atoms with van der Waals surface area (Å²) in [7, 11) is 0. The van der Waals surface area contributed by atoms with Crippen LogP contribution in [-0.4, -0.2) is 0 Å². The lowest BCUT2D eigenvalue weighted by Gasteiger charge is -2.25. The Bertz CT molecular complexity index is 1600. The van der Waals surface area contributed by atoms with Crippen LogP contribution in [0.2, 0.25) is 0 Å². The summed E-state index contributed by atoms with van der Waals surface area (Å²) in [5.41, 5.74) is 5.52. The van der Waals surface area contributed by atoms with Crippen LogP contribution in [0.3, 0.4) is 0 Å². The van der Waals surface area contributed by atoms with Gasteiger partial charge in [-0.15, -0.1) is 0 Å². The fraction of sp³-hybridized carbons (Fsp3) is 0. The summed E-state index contributed by atoms with van der Waals surface area (Å²) >= 11 is 0. The van der Waals surface area contributed by atoms with Gasteiger partial charge < -0.3 is 0 Å². The topological polar surface area (TPSA) is 0 Å². The van der Waals surface area contributed by atoms with E-state index in [0.717, 1.165) is 0 Å². The summed E-state index contributed by atoms with van der Waals surface area (Å²) in [5.74, 6) is 0. The Hall–Kier alpha value is -3.64. The lowest BCUT2D eigenvalue weighted by atomic mass is 9.78. The molecule has 0 spiro atoms. The summed E-state index contributed by atoms with van der Waals surface area (Å²) in [6.45, 7) is 0. The first-order chi connectivity index (χ1) is 13.9. The summed E-state index contributed by atoms with van der Waals surface area (Å²) < 4.78 is 0. The number of benzene rings is 6. The van der Waals surface area contributed by atoms with Gasteiger partial charge in [0.2, 0.25) is 0 Å². The fourth-order valence-corrected chi connectivity index (χ4v) is 5.03. The lowest BCUT2D eigenvalue weighted by Crippen LogP contribution is -1.98. The highest BCUT2D eigenvalue weighted by Gasteiger charge is 2.22. The van der Waals surface area contributed by atoms with Crippen molar-refractivity contribution >= 4 is 43.1 Å². The molecule has 28 heavy (non-hydrogen) atoms. The Kier molecular flexibility index (Phi) is 2.57. The van der Waals surface area contributed by atoms with E-state index in [9.17, 15) is 0 Å². The van der Waals surface area contributed by atoms with Crippen LogP contribution in [0.15, 0.2) is 97.1 Å². The summed E-state index contributed by atoms with van der Waals surface area (Å²) in [5, 5.41) is 10.7. The molecule has 0 N–H and O–H groups in total. The fourth-order valence-electron chi connectivity index (χ4n) is 5.03. The van der Waals surface area contributed by atoms with Crippen molar-refractivity contribution in [2.75, 3.05) is 0 Å². The molecule has 0 radical (unpaired) electrons. The normalized spacial score (nSPS) is 12.3. The van der Waals surface area contributed by atoms with Gasteiger partial charge in [-0.3, -0.25) is 0 Å². The number of hydrogen-bond donors (Lipinski definition) is 0. The molecule has 0 saturated carbocycles. The van der Waals surface area contributed by atoms with Crippen molar-refractivity contribution in [3.8, 4) is 22.3 Å². The smallest absolute Gasteiger partial charge is 0.00203 e. The number of rotatable bonds is 0. The van der Waals surface area contributed by atoms with Gasteiger partial charge in [-0.1, -0.05) is 84.9 Å². The molecule has 0 aromatic heterocycles. The second-order valence-corrected chi connectivity index (χ2v) is 7.78. The Morgan fingerprint density at radius 2 is 0.857 bits per heavy atom. The highest BCUT2D eigenvalue weighted by molar-refractivity contribution is 6.28. The third-order valence-corrected chi connectivity index (χ3v) is 6.35. The molecule has 6 aromatic carbocycles. The molecule has 1 aliphatic carbocycles. The van der Waals surface area contributed by atoms with Crippen LogP contribution in [-0.2, 0) is 0 Å². The molecule has 0 nitrogen and oxygen atoms in total. The molecule has 0 atom stereocenters. The van der Waals surface area contributed by atoms with E-state index in [2.05, 4.69) is 97.1 Å². The first-order valence-corrected chi connectivity index (χ1v) is 9.79. The van der Waals surface area contributed by atoms with Gasteiger partial charge in [-0.2, -0.15) is 0 Å². The van der Waals surface area contributed by atoms with Gasteiger partial charge in [-0.25, -0.2) is 0 Å². The maximum atomic E-state index is 2.41. The van der Waals surface area contributed by atoms with E-state index in [1.807, 2.05) is 0 Å². The van der Waals surface area contributed by atoms with Crippen LogP contribution >= 0.6 is 0 Å². The van der Waals surface area contributed by atoms with Crippen LogP contribution in [0.1, 0.15) is 0 Å². The molecule has 0 heteroatoms. The molecule has 0 bridgehead atoms. The number of fused-ring (bicyclic) bond motifs is 11. The second kappa shape index (κ2) is 4.99. The molecule has 6 aromatic rings. The average Bonchev–Trinajstić information content (AvgIpc) is 2.76. The minimum Gasteiger partial charge on any atom is -0.0616 e. The third kappa shape index (κ3) is 1.70. The summed E-state index contributed by atoms with van der Waals surface area (Å²) in [6.07, 6.45) is 0. The first kappa shape index (κ1) is 14.4. The van der Waals surface area contributed by atoms with Crippen LogP contribution in [0.5, 0.6) is 0 Å². The van der Waals surface area contributed by atoms with Gasteiger partial charge in [-0.05, 0) is 77.5 Å². The molecule has 0 saturated heterocycles. The summed E-state index contributed by atoms with van der Waals surface area (Å²) in [6, 6.07) is 35.8. The molecule has 0 fully saturated rings. The van der Waals surface area contributed by atoms with E-state index in [1.54, 1.807) is 0 Å².